The lowest BCUT2D eigenvalue weighted by molar-refractivity contribution is 0.0520. The van der Waals surface area contributed by atoms with Gasteiger partial charge in [-0.15, -0.1) is 11.3 Å². The fraction of sp³-hybridized carbons (Fsp3) is 0.389. The SMILES string of the molecule is CCOC(=O)c1csc(NC(=O)c2cccc(S(=O)(=O)NC3CCCC3)c2)n1. The van der Waals surface area contributed by atoms with Crippen LogP contribution in [-0.2, 0) is 14.8 Å². The number of hydrogen-bond acceptors (Lipinski definition) is 7. The number of esters is 1. The normalized spacial score (nSPS) is 14.8. The summed E-state index contributed by atoms with van der Waals surface area (Å²) in [6, 6.07) is 5.76. The highest BCUT2D eigenvalue weighted by molar-refractivity contribution is 7.89. The van der Waals surface area contributed by atoms with Gasteiger partial charge in [-0.3, -0.25) is 10.1 Å². The van der Waals surface area contributed by atoms with Crippen molar-refractivity contribution in [3.8, 4) is 0 Å². The number of benzene rings is 1. The van der Waals surface area contributed by atoms with Gasteiger partial charge in [0.1, 0.15) is 0 Å². The highest BCUT2D eigenvalue weighted by Crippen LogP contribution is 2.22. The van der Waals surface area contributed by atoms with E-state index < -0.39 is 21.9 Å². The number of nitrogens with zero attached hydrogens (tertiary/aromatic N) is 1. The number of amides is 1. The molecule has 28 heavy (non-hydrogen) atoms. The van der Waals surface area contributed by atoms with Crippen LogP contribution in [0.25, 0.3) is 0 Å². The third-order valence-electron chi connectivity index (χ3n) is 4.29. The molecule has 0 saturated heterocycles. The molecule has 0 radical (unpaired) electrons. The maximum Gasteiger partial charge on any atom is 0.357 e. The lowest BCUT2D eigenvalue weighted by Crippen LogP contribution is -2.32. The largest absolute Gasteiger partial charge is 0.461 e. The molecular weight excluding hydrogens is 402 g/mol. The Bertz CT molecular complexity index is 965. The van der Waals surface area contributed by atoms with E-state index in [9.17, 15) is 18.0 Å². The standard InChI is InChI=1S/C18H21N3O5S2/c1-2-26-17(23)15-11-27-18(19-15)20-16(22)12-6-5-9-14(10-12)28(24,25)21-13-7-3-4-8-13/h5-6,9-11,13,21H,2-4,7-8H2,1H3,(H,19,20,22). The van der Waals surface area contributed by atoms with Crippen molar-refractivity contribution < 1.29 is 22.7 Å². The maximum atomic E-state index is 12.6. The minimum atomic E-state index is -3.69. The Kier molecular flexibility index (Phi) is 6.42. The minimum absolute atomic E-state index is 0.0402. The Morgan fingerprint density at radius 2 is 2.04 bits per heavy atom. The van der Waals surface area contributed by atoms with E-state index in [0.29, 0.717) is 0 Å². The van der Waals surface area contributed by atoms with E-state index in [2.05, 4.69) is 15.0 Å². The van der Waals surface area contributed by atoms with Crippen LogP contribution in [0.3, 0.4) is 0 Å². The first kappa shape index (κ1) is 20.4. The summed E-state index contributed by atoms with van der Waals surface area (Å²) in [6.45, 7) is 1.92. The number of nitrogens with one attached hydrogen (secondary N) is 2. The third-order valence-corrected chi connectivity index (χ3v) is 6.57. The van der Waals surface area contributed by atoms with Crippen LogP contribution in [0.15, 0.2) is 34.5 Å². The Balaban J connectivity index is 1.71. The van der Waals surface area contributed by atoms with Gasteiger partial charge < -0.3 is 4.74 Å². The van der Waals surface area contributed by atoms with E-state index in [1.54, 1.807) is 6.92 Å². The van der Waals surface area contributed by atoms with E-state index in [1.807, 2.05) is 0 Å². The zero-order valence-electron chi connectivity index (χ0n) is 15.3. The summed E-state index contributed by atoms with van der Waals surface area (Å²) in [4.78, 5) is 28.2. The van der Waals surface area contributed by atoms with Crippen molar-refractivity contribution in [2.75, 3.05) is 11.9 Å². The monoisotopic (exact) mass is 423 g/mol. The molecular formula is C18H21N3O5S2. The van der Waals surface area contributed by atoms with Crippen molar-refractivity contribution in [3.63, 3.8) is 0 Å². The number of thiazole rings is 1. The number of ether oxygens (including phenoxy) is 1. The Hall–Kier alpha value is -2.30. The van der Waals surface area contributed by atoms with Crippen molar-refractivity contribution in [1.29, 1.82) is 0 Å². The van der Waals surface area contributed by atoms with Crippen molar-refractivity contribution in [1.82, 2.24) is 9.71 Å². The van der Waals surface area contributed by atoms with Gasteiger partial charge in [-0.1, -0.05) is 18.9 Å². The van der Waals surface area contributed by atoms with Crippen LogP contribution in [0.1, 0.15) is 53.5 Å². The van der Waals surface area contributed by atoms with Gasteiger partial charge in [0.15, 0.2) is 10.8 Å². The molecule has 3 rings (SSSR count). The summed E-state index contributed by atoms with van der Waals surface area (Å²) >= 11 is 1.08. The van der Waals surface area contributed by atoms with Gasteiger partial charge in [0.05, 0.1) is 11.5 Å². The van der Waals surface area contributed by atoms with Gasteiger partial charge in [-0.05, 0) is 38.0 Å². The molecule has 0 atom stereocenters. The van der Waals surface area contributed by atoms with Gasteiger partial charge in [0.25, 0.3) is 5.91 Å². The van der Waals surface area contributed by atoms with Crippen LogP contribution in [0.5, 0.6) is 0 Å². The van der Waals surface area contributed by atoms with Gasteiger partial charge >= 0.3 is 5.97 Å². The summed E-state index contributed by atoms with van der Waals surface area (Å²) in [6.07, 6.45) is 3.67. The minimum Gasteiger partial charge on any atom is -0.461 e. The zero-order valence-corrected chi connectivity index (χ0v) is 16.9. The lowest BCUT2D eigenvalue weighted by atomic mass is 10.2. The average Bonchev–Trinajstić information content (AvgIpc) is 3.34. The molecule has 0 unspecified atom stereocenters. The van der Waals surface area contributed by atoms with Gasteiger partial charge in [0, 0.05) is 17.0 Å². The van der Waals surface area contributed by atoms with Crippen molar-refractivity contribution in [2.24, 2.45) is 0 Å². The van der Waals surface area contributed by atoms with E-state index in [4.69, 9.17) is 4.74 Å². The Morgan fingerprint density at radius 3 is 2.75 bits per heavy atom. The molecule has 1 aliphatic rings. The number of carbonyl (C=O) groups is 2. The number of carbonyl (C=O) groups excluding carboxylic acids is 2. The molecule has 10 heteroatoms. The van der Waals surface area contributed by atoms with Crippen LogP contribution < -0.4 is 10.0 Å². The number of aromatic nitrogens is 1. The van der Waals surface area contributed by atoms with E-state index in [0.717, 1.165) is 37.0 Å². The molecule has 150 valence electrons. The third kappa shape index (κ3) is 4.94. The number of rotatable bonds is 7. The molecule has 1 amide bonds. The highest BCUT2D eigenvalue weighted by atomic mass is 32.2. The molecule has 2 N–H and O–H groups in total. The topological polar surface area (TPSA) is 114 Å². The fourth-order valence-electron chi connectivity index (χ4n) is 2.93. The van der Waals surface area contributed by atoms with Crippen LogP contribution in [0.2, 0.25) is 0 Å². The molecule has 0 bridgehead atoms. The molecule has 2 aromatic rings. The van der Waals surface area contributed by atoms with Gasteiger partial charge in [-0.2, -0.15) is 0 Å². The van der Waals surface area contributed by atoms with Crippen LogP contribution in [0.4, 0.5) is 5.13 Å². The summed E-state index contributed by atoms with van der Waals surface area (Å²) in [5, 5.41) is 4.29. The second kappa shape index (κ2) is 8.80. The van der Waals surface area contributed by atoms with E-state index in [-0.39, 0.29) is 33.9 Å². The number of anilines is 1. The predicted octanol–water partition coefficient (Wildman–Crippen LogP) is 2.79. The highest BCUT2D eigenvalue weighted by Gasteiger charge is 2.23. The van der Waals surface area contributed by atoms with Crippen LogP contribution in [-0.4, -0.2) is 37.9 Å². The van der Waals surface area contributed by atoms with Gasteiger partial charge in [-0.25, -0.2) is 22.9 Å². The predicted molar refractivity (Wildman–Crippen MR) is 105 cm³/mol. The average molecular weight is 424 g/mol. The van der Waals surface area contributed by atoms with Crippen LogP contribution in [0, 0.1) is 0 Å². The Labute approximate surface area is 167 Å². The molecule has 1 aliphatic carbocycles. The van der Waals surface area contributed by atoms with Crippen LogP contribution >= 0.6 is 11.3 Å². The second-order valence-corrected chi connectivity index (χ2v) is 8.92. The summed E-state index contributed by atoms with van der Waals surface area (Å²) < 4.78 is 32.7. The first-order valence-corrected chi connectivity index (χ1v) is 11.3. The summed E-state index contributed by atoms with van der Waals surface area (Å²) in [7, 11) is -3.69. The molecule has 1 heterocycles. The first-order chi connectivity index (χ1) is 13.4. The molecule has 0 aliphatic heterocycles. The molecule has 0 spiro atoms. The smallest absolute Gasteiger partial charge is 0.357 e. The van der Waals surface area contributed by atoms with E-state index >= 15 is 0 Å². The van der Waals surface area contributed by atoms with E-state index in [1.165, 1.54) is 29.6 Å². The Morgan fingerprint density at radius 1 is 1.29 bits per heavy atom. The molecule has 8 nitrogen and oxygen atoms in total. The lowest BCUT2D eigenvalue weighted by Gasteiger charge is -2.13. The zero-order chi connectivity index (χ0) is 20.1. The molecule has 1 fully saturated rings. The molecule has 1 aromatic carbocycles. The number of sulfonamides is 1. The van der Waals surface area contributed by atoms with Crippen molar-refractivity contribution in [3.05, 3.63) is 40.9 Å². The number of hydrogen-bond donors (Lipinski definition) is 2. The second-order valence-electron chi connectivity index (χ2n) is 6.34. The van der Waals surface area contributed by atoms with Crippen molar-refractivity contribution in [2.45, 2.75) is 43.5 Å². The fourth-order valence-corrected chi connectivity index (χ4v) is 4.96. The molecule has 1 saturated carbocycles. The quantitative estimate of drug-likeness (QED) is 0.662. The first-order valence-electron chi connectivity index (χ1n) is 8.95. The summed E-state index contributed by atoms with van der Waals surface area (Å²) in [5.41, 5.74) is 0.293. The van der Waals surface area contributed by atoms with Crippen molar-refractivity contribution >= 4 is 38.4 Å². The van der Waals surface area contributed by atoms with Gasteiger partial charge in [0.2, 0.25) is 10.0 Å². The maximum absolute atomic E-state index is 12.6. The molecule has 1 aromatic heterocycles. The summed E-state index contributed by atoms with van der Waals surface area (Å²) in [5.74, 6) is -1.08.